The van der Waals surface area contributed by atoms with Gasteiger partial charge in [-0.15, -0.1) is 0 Å². The molecule has 13 heavy (non-hydrogen) atoms. The molecule has 0 aromatic carbocycles. The van der Waals surface area contributed by atoms with Crippen LogP contribution in [0.1, 0.15) is 5.69 Å². The molecule has 1 aliphatic rings. The Hall–Kier alpha value is -1.51. The zero-order chi connectivity index (χ0) is 9.10. The molecule has 3 heteroatoms. The van der Waals surface area contributed by atoms with Crippen LogP contribution >= 0.6 is 0 Å². The lowest BCUT2D eigenvalue weighted by Crippen LogP contribution is -2.22. The van der Waals surface area contributed by atoms with E-state index < -0.39 is 0 Å². The number of nitrogens with zero attached hydrogens (tertiary/aromatic N) is 3. The molecule has 0 saturated carbocycles. The van der Waals surface area contributed by atoms with Crippen molar-refractivity contribution in [1.29, 1.82) is 0 Å². The van der Waals surface area contributed by atoms with E-state index in [1.807, 2.05) is 24.4 Å². The van der Waals surface area contributed by atoms with Crippen molar-refractivity contribution in [1.82, 2.24) is 14.8 Å². The van der Waals surface area contributed by atoms with Crippen LogP contribution in [0.25, 0.3) is 0 Å². The molecule has 68 valence electrons. The zero-order valence-corrected chi connectivity index (χ0v) is 7.72. The van der Waals surface area contributed by atoms with Crippen LogP contribution in [0, 0.1) is 0 Å². The minimum atomic E-state index is 0.891. The monoisotopic (exact) mass is 175 g/mol. The summed E-state index contributed by atoms with van der Waals surface area (Å²) >= 11 is 0. The highest BCUT2D eigenvalue weighted by Gasteiger charge is 2.08. The Morgan fingerprint density at radius 1 is 1.38 bits per heavy atom. The second-order valence-electron chi connectivity index (χ2n) is 3.26. The third-order valence-corrected chi connectivity index (χ3v) is 2.03. The van der Waals surface area contributed by atoms with Gasteiger partial charge in [-0.25, -0.2) is 0 Å². The molecule has 1 aromatic rings. The Bertz CT molecular complexity index is 294. The van der Waals surface area contributed by atoms with Crippen LogP contribution in [0.15, 0.2) is 36.8 Å². The summed E-state index contributed by atoms with van der Waals surface area (Å²) in [5, 5.41) is 0. The molecule has 0 atom stereocenters. The molecule has 0 amide bonds. The Balaban J connectivity index is 1.96. The van der Waals surface area contributed by atoms with Gasteiger partial charge >= 0.3 is 0 Å². The lowest BCUT2D eigenvalue weighted by atomic mass is 10.3. The molecule has 1 aliphatic heterocycles. The van der Waals surface area contributed by atoms with Gasteiger partial charge in [0.25, 0.3) is 0 Å². The van der Waals surface area contributed by atoms with Gasteiger partial charge in [-0.2, -0.15) is 0 Å². The maximum atomic E-state index is 4.27. The van der Waals surface area contributed by atoms with Crippen molar-refractivity contribution in [3.63, 3.8) is 0 Å². The van der Waals surface area contributed by atoms with Gasteiger partial charge in [0.05, 0.1) is 18.9 Å². The molecule has 0 N–H and O–H groups in total. The summed E-state index contributed by atoms with van der Waals surface area (Å²) in [5.74, 6) is 0. The molecule has 0 aliphatic carbocycles. The van der Waals surface area contributed by atoms with Crippen LogP contribution in [0.5, 0.6) is 0 Å². The highest BCUT2D eigenvalue weighted by atomic mass is 15.3. The number of hydrogen-bond acceptors (Lipinski definition) is 3. The average molecular weight is 175 g/mol. The smallest absolute Gasteiger partial charge is 0.0894 e. The molecular formula is C10H13N3. The van der Waals surface area contributed by atoms with Gasteiger partial charge < -0.3 is 9.80 Å². The van der Waals surface area contributed by atoms with Crippen molar-refractivity contribution < 1.29 is 0 Å². The highest BCUT2D eigenvalue weighted by molar-refractivity contribution is 5.04. The topological polar surface area (TPSA) is 19.4 Å². The second kappa shape index (κ2) is 3.47. The minimum absolute atomic E-state index is 0.891. The molecule has 0 unspecified atom stereocenters. The fourth-order valence-corrected chi connectivity index (χ4v) is 1.39. The lowest BCUT2D eigenvalue weighted by molar-refractivity contribution is 0.288. The summed E-state index contributed by atoms with van der Waals surface area (Å²) in [4.78, 5) is 8.64. The number of hydrogen-bond donors (Lipinski definition) is 0. The van der Waals surface area contributed by atoms with Crippen LogP contribution < -0.4 is 0 Å². The molecule has 3 nitrogen and oxygen atoms in total. The first-order chi connectivity index (χ1) is 6.34. The Kier molecular flexibility index (Phi) is 2.17. The Morgan fingerprint density at radius 2 is 2.31 bits per heavy atom. The van der Waals surface area contributed by atoms with E-state index in [-0.39, 0.29) is 0 Å². The number of pyridine rings is 1. The SMILES string of the molecule is CN1C=CN(Cc2ccccn2)C1. The van der Waals surface area contributed by atoms with E-state index in [1.165, 1.54) is 0 Å². The normalized spacial score (nSPS) is 15.5. The largest absolute Gasteiger partial charge is 0.362 e. The zero-order valence-electron chi connectivity index (χ0n) is 7.72. The molecule has 0 spiro atoms. The van der Waals surface area contributed by atoms with E-state index >= 15 is 0 Å². The quantitative estimate of drug-likeness (QED) is 0.674. The van der Waals surface area contributed by atoms with Crippen LogP contribution in [-0.4, -0.2) is 28.5 Å². The van der Waals surface area contributed by atoms with Gasteiger partial charge in [0.15, 0.2) is 0 Å². The van der Waals surface area contributed by atoms with Gasteiger partial charge in [0.1, 0.15) is 0 Å². The van der Waals surface area contributed by atoms with E-state index in [0.717, 1.165) is 18.9 Å². The van der Waals surface area contributed by atoms with Crippen molar-refractivity contribution in [2.45, 2.75) is 6.54 Å². The van der Waals surface area contributed by atoms with Crippen molar-refractivity contribution in [2.75, 3.05) is 13.7 Å². The Morgan fingerprint density at radius 3 is 2.92 bits per heavy atom. The maximum Gasteiger partial charge on any atom is 0.0894 e. The predicted octanol–water partition coefficient (Wildman–Crippen LogP) is 1.26. The van der Waals surface area contributed by atoms with Gasteiger partial charge in [-0.1, -0.05) is 6.07 Å². The third kappa shape index (κ3) is 1.99. The van der Waals surface area contributed by atoms with Crippen molar-refractivity contribution in [2.24, 2.45) is 0 Å². The molecule has 2 heterocycles. The average Bonchev–Trinajstić information content (AvgIpc) is 2.53. The predicted molar refractivity (Wildman–Crippen MR) is 51.6 cm³/mol. The molecule has 0 radical (unpaired) electrons. The van der Waals surface area contributed by atoms with Crippen molar-refractivity contribution >= 4 is 0 Å². The fourth-order valence-electron chi connectivity index (χ4n) is 1.39. The Labute approximate surface area is 78.3 Å². The summed E-state index contributed by atoms with van der Waals surface area (Å²) < 4.78 is 0. The van der Waals surface area contributed by atoms with Crippen LogP contribution in [0.2, 0.25) is 0 Å². The molecular weight excluding hydrogens is 162 g/mol. The summed E-state index contributed by atoms with van der Waals surface area (Å²) in [5.41, 5.74) is 1.11. The summed E-state index contributed by atoms with van der Waals surface area (Å²) in [6.07, 6.45) is 6.00. The standard InChI is InChI=1S/C10H13N3/c1-12-6-7-13(9-12)8-10-4-2-3-5-11-10/h2-7H,8-9H2,1H3. The number of aromatic nitrogens is 1. The van der Waals surface area contributed by atoms with E-state index in [0.29, 0.717) is 0 Å². The molecule has 1 aromatic heterocycles. The van der Waals surface area contributed by atoms with Crippen LogP contribution in [0.4, 0.5) is 0 Å². The van der Waals surface area contributed by atoms with E-state index in [9.17, 15) is 0 Å². The summed E-state index contributed by atoms with van der Waals surface area (Å²) in [6, 6.07) is 6.01. The highest BCUT2D eigenvalue weighted by Crippen LogP contribution is 2.07. The lowest BCUT2D eigenvalue weighted by Gasteiger charge is -2.17. The van der Waals surface area contributed by atoms with Gasteiger partial charge in [-0.05, 0) is 12.1 Å². The third-order valence-electron chi connectivity index (χ3n) is 2.03. The number of rotatable bonds is 2. The second-order valence-corrected chi connectivity index (χ2v) is 3.26. The summed E-state index contributed by atoms with van der Waals surface area (Å²) in [6.45, 7) is 1.85. The first-order valence-electron chi connectivity index (χ1n) is 4.37. The van der Waals surface area contributed by atoms with Gasteiger partial charge in [0, 0.05) is 25.6 Å². The van der Waals surface area contributed by atoms with Crippen molar-refractivity contribution in [3.05, 3.63) is 42.5 Å². The molecule has 0 fully saturated rings. The first kappa shape index (κ1) is 8.10. The minimum Gasteiger partial charge on any atom is -0.362 e. The maximum absolute atomic E-state index is 4.27. The fraction of sp³-hybridized carbons (Fsp3) is 0.300. The molecule has 2 rings (SSSR count). The first-order valence-corrected chi connectivity index (χ1v) is 4.37. The van der Waals surface area contributed by atoms with E-state index in [4.69, 9.17) is 0 Å². The molecule has 0 saturated heterocycles. The van der Waals surface area contributed by atoms with Crippen molar-refractivity contribution in [3.8, 4) is 0 Å². The summed E-state index contributed by atoms with van der Waals surface area (Å²) in [7, 11) is 2.06. The van der Waals surface area contributed by atoms with Crippen LogP contribution in [-0.2, 0) is 6.54 Å². The molecule has 0 bridgehead atoms. The van der Waals surface area contributed by atoms with Crippen LogP contribution in [0.3, 0.4) is 0 Å². The van der Waals surface area contributed by atoms with E-state index in [1.54, 1.807) is 0 Å². The van der Waals surface area contributed by atoms with Gasteiger partial charge in [0.2, 0.25) is 0 Å². The van der Waals surface area contributed by atoms with Gasteiger partial charge in [-0.3, -0.25) is 4.98 Å². The van der Waals surface area contributed by atoms with E-state index in [2.05, 4.69) is 34.2 Å².